The van der Waals surface area contributed by atoms with Crippen LogP contribution in [-0.4, -0.2) is 122 Å². The molecular weight excluding hydrogens is 822 g/mol. The lowest BCUT2D eigenvalue weighted by Crippen LogP contribution is -2.59. The Kier molecular flexibility index (Phi) is 11.1. The van der Waals surface area contributed by atoms with E-state index in [0.29, 0.717) is 67.3 Å². The van der Waals surface area contributed by atoms with Gasteiger partial charge in [0.1, 0.15) is 23.9 Å². The molecule has 0 saturated carbocycles. The Labute approximate surface area is 358 Å². The second kappa shape index (κ2) is 16.1. The Bertz CT molecular complexity index is 2780. The van der Waals surface area contributed by atoms with E-state index in [1.165, 1.54) is 43.5 Å². The number of piperazine rings is 1. The fraction of sp³-hybridized carbons (Fsp3) is 0.488. The highest BCUT2D eigenvalue weighted by atomic mass is 32.2. The van der Waals surface area contributed by atoms with Crippen LogP contribution in [0.4, 0.5) is 21.7 Å². The first-order valence-electron chi connectivity index (χ1n) is 20.6. The summed E-state index contributed by atoms with van der Waals surface area (Å²) >= 11 is 0. The number of piperidine rings is 1. The molecule has 2 atom stereocenters. The number of hydrogen-bond acceptors (Lipinski definition) is 14. The van der Waals surface area contributed by atoms with Crippen LogP contribution in [0.2, 0.25) is 0 Å². The number of aromatic nitrogens is 6. The van der Waals surface area contributed by atoms with Gasteiger partial charge in [-0.3, -0.25) is 28.9 Å². The van der Waals surface area contributed by atoms with Gasteiger partial charge in [0.25, 0.3) is 0 Å². The molecule has 2 aromatic carbocycles. The molecule has 0 radical (unpaired) electrons. The molecule has 3 aliphatic rings. The number of halogens is 1. The van der Waals surface area contributed by atoms with E-state index >= 15 is 4.39 Å². The van der Waals surface area contributed by atoms with Crippen molar-refractivity contribution in [2.24, 2.45) is 12.1 Å². The number of imide groups is 1. The third-order valence-electron chi connectivity index (χ3n) is 12.0. The Morgan fingerprint density at radius 1 is 1.08 bits per heavy atom. The summed E-state index contributed by atoms with van der Waals surface area (Å²) in [7, 11) is -0.848. The molecule has 8 rings (SSSR count). The summed E-state index contributed by atoms with van der Waals surface area (Å²) < 4.78 is 54.7. The first-order valence-corrected chi connectivity index (χ1v) is 22.1. The lowest BCUT2D eigenvalue weighted by atomic mass is 9.88. The molecule has 21 heteroatoms. The van der Waals surface area contributed by atoms with Crippen LogP contribution in [0.3, 0.4) is 0 Å². The summed E-state index contributed by atoms with van der Waals surface area (Å²) in [5, 5.41) is 13.8. The van der Waals surface area contributed by atoms with Crippen LogP contribution in [0.1, 0.15) is 65.6 Å². The minimum atomic E-state index is -4.02. The average Bonchev–Trinajstić information content (AvgIpc) is 3.91. The minimum Gasteiger partial charge on any atom is -0.485 e. The molecule has 2 amide bonds. The predicted molar refractivity (Wildman–Crippen MR) is 231 cm³/mol. The smallest absolute Gasteiger partial charge is 0.329 e. The first-order chi connectivity index (χ1) is 29.4. The number of hydrogen-bond donors (Lipinski definition) is 3. The molecule has 2 fully saturated rings. The number of hydrazone groups is 1. The molecule has 3 aliphatic heterocycles. The number of fused-ring (bicyclic) bond motifs is 2. The van der Waals surface area contributed by atoms with Crippen molar-refractivity contribution in [3.8, 4) is 5.75 Å². The van der Waals surface area contributed by atoms with Gasteiger partial charge in [-0.05, 0) is 83.9 Å². The van der Waals surface area contributed by atoms with Crippen molar-refractivity contribution in [3.05, 3.63) is 64.7 Å². The molecule has 330 valence electrons. The normalized spacial score (nSPS) is 20.7. The van der Waals surface area contributed by atoms with Crippen molar-refractivity contribution in [2.75, 3.05) is 56.5 Å². The number of nitrogens with one attached hydrogen (secondary N) is 3. The third-order valence-corrected chi connectivity index (χ3v) is 13.8. The SMILES string of the molecule is CC(C)Oc1c(C2(C)C=NNC2)ncn2nc(Nc3ccc(S(=O)(=O)N(C)CCCN4CCN(c5ccc6c(c5)n(C)c(=O)n6C5CCC(=O)NC5=O)CC4(C)C)cc3F)nc12. The molecule has 3 aromatic heterocycles. The van der Waals surface area contributed by atoms with Crippen molar-refractivity contribution in [3.63, 3.8) is 0 Å². The molecule has 6 heterocycles. The fourth-order valence-corrected chi connectivity index (χ4v) is 9.72. The Hall–Kier alpha value is -5.93. The zero-order chi connectivity index (χ0) is 44.3. The Morgan fingerprint density at radius 3 is 2.56 bits per heavy atom. The van der Waals surface area contributed by atoms with E-state index in [1.807, 2.05) is 39.0 Å². The van der Waals surface area contributed by atoms with Crippen molar-refractivity contribution in [1.29, 1.82) is 0 Å². The zero-order valence-corrected chi connectivity index (χ0v) is 36.7. The van der Waals surface area contributed by atoms with Gasteiger partial charge in [0.15, 0.2) is 5.75 Å². The van der Waals surface area contributed by atoms with E-state index in [9.17, 15) is 22.8 Å². The van der Waals surface area contributed by atoms with E-state index in [-0.39, 0.29) is 59.2 Å². The van der Waals surface area contributed by atoms with Crippen LogP contribution >= 0.6 is 0 Å². The van der Waals surface area contributed by atoms with Crippen molar-refractivity contribution >= 4 is 62.1 Å². The average molecular weight is 874 g/mol. The molecule has 0 bridgehead atoms. The summed E-state index contributed by atoms with van der Waals surface area (Å²) in [6.07, 6.45) is 4.07. The van der Waals surface area contributed by atoms with Gasteiger partial charge < -0.3 is 20.4 Å². The van der Waals surface area contributed by atoms with E-state index in [0.717, 1.165) is 11.8 Å². The molecule has 2 saturated heterocycles. The molecule has 2 unspecified atom stereocenters. The standard InChI is InChI=1S/C41H52FN13O6S/c1-25(2)61-34-35(41(5)21-44-45-22-41)43-24-54-36(34)48-38(49-54)46-29-11-10-27(20-28(29)42)62(59,60)50(6)15-8-16-53-18-17-52(23-40(53,3)4)26-9-12-30-32(19-26)51(7)39(58)55(30)31-13-14-33(56)47-37(31)57/h9-12,19-21,24-25,31,45H,8,13-18,22-23H2,1-7H3,(H,46,49)(H,47,56,57). The molecular formula is C41H52FN13O6S. The third kappa shape index (κ3) is 7.87. The maximum atomic E-state index is 15.6. The lowest BCUT2D eigenvalue weighted by molar-refractivity contribution is -0.135. The number of ether oxygens (including phenoxy) is 1. The number of imidazole rings is 1. The lowest BCUT2D eigenvalue weighted by Gasteiger charge is -2.48. The van der Waals surface area contributed by atoms with Gasteiger partial charge in [-0.1, -0.05) is 0 Å². The quantitative estimate of drug-likeness (QED) is 0.146. The van der Waals surface area contributed by atoms with Crippen LogP contribution in [-0.2, 0) is 32.1 Å². The molecule has 5 aromatic rings. The van der Waals surface area contributed by atoms with Gasteiger partial charge in [-0.2, -0.15) is 14.6 Å². The summed E-state index contributed by atoms with van der Waals surface area (Å²) in [4.78, 5) is 51.3. The predicted octanol–water partition coefficient (Wildman–Crippen LogP) is 2.88. The number of rotatable bonds is 13. The topological polar surface area (TPSA) is 206 Å². The number of benzene rings is 2. The van der Waals surface area contributed by atoms with Crippen molar-refractivity contribution in [1.82, 2.24) is 48.7 Å². The zero-order valence-electron chi connectivity index (χ0n) is 35.8. The maximum absolute atomic E-state index is 15.6. The van der Waals surface area contributed by atoms with Gasteiger partial charge in [0, 0.05) is 77.2 Å². The van der Waals surface area contributed by atoms with Crippen molar-refractivity contribution < 1.29 is 27.1 Å². The number of nitrogens with zero attached hydrogens (tertiary/aromatic N) is 10. The summed E-state index contributed by atoms with van der Waals surface area (Å²) in [6, 6.07) is 8.72. The summed E-state index contributed by atoms with van der Waals surface area (Å²) in [6.45, 7) is 13.5. The molecule has 3 N–H and O–H groups in total. The highest BCUT2D eigenvalue weighted by Gasteiger charge is 2.37. The minimum absolute atomic E-state index is 0.00271. The number of carbonyl (C=O) groups is 2. The highest BCUT2D eigenvalue weighted by Crippen LogP contribution is 2.35. The maximum Gasteiger partial charge on any atom is 0.329 e. The van der Waals surface area contributed by atoms with Crippen molar-refractivity contribution in [2.45, 2.75) is 81.9 Å². The molecule has 19 nitrogen and oxygen atoms in total. The Morgan fingerprint density at radius 2 is 1.87 bits per heavy atom. The second-order valence-corrected chi connectivity index (χ2v) is 19.4. The van der Waals surface area contributed by atoms with Crippen LogP contribution in [0.25, 0.3) is 16.7 Å². The molecule has 0 aliphatic carbocycles. The highest BCUT2D eigenvalue weighted by molar-refractivity contribution is 7.89. The van der Waals surface area contributed by atoms with Gasteiger partial charge >= 0.3 is 5.69 Å². The van der Waals surface area contributed by atoms with Gasteiger partial charge in [-0.25, -0.2) is 26.9 Å². The van der Waals surface area contributed by atoms with Crippen LogP contribution in [0.15, 0.2) is 57.5 Å². The van der Waals surface area contributed by atoms with E-state index in [1.54, 1.807) is 13.3 Å². The molecule has 0 spiro atoms. The number of carbonyl (C=O) groups excluding carboxylic acids is 2. The molecule has 62 heavy (non-hydrogen) atoms. The first kappa shape index (κ1) is 42.7. The summed E-state index contributed by atoms with van der Waals surface area (Å²) in [5.74, 6) is -1.09. The van der Waals surface area contributed by atoms with E-state index in [4.69, 9.17) is 4.74 Å². The van der Waals surface area contributed by atoms with E-state index in [2.05, 4.69) is 59.9 Å². The van der Waals surface area contributed by atoms with Crippen LogP contribution < -0.4 is 31.4 Å². The monoisotopic (exact) mass is 873 g/mol. The van der Waals surface area contributed by atoms with E-state index < -0.39 is 33.2 Å². The van der Waals surface area contributed by atoms with Gasteiger partial charge in [0.05, 0.1) is 33.1 Å². The summed E-state index contributed by atoms with van der Waals surface area (Å²) in [5.41, 5.74) is 5.09. The number of sulfonamides is 1. The van der Waals surface area contributed by atoms with Gasteiger partial charge in [-0.15, -0.1) is 5.10 Å². The Balaban J connectivity index is 0.890. The van der Waals surface area contributed by atoms with Gasteiger partial charge in [0.2, 0.25) is 33.4 Å². The number of amides is 2. The number of anilines is 3. The number of aryl methyl sites for hydroxylation is 1. The largest absolute Gasteiger partial charge is 0.485 e. The van der Waals surface area contributed by atoms with Crippen LogP contribution in [0, 0.1) is 5.82 Å². The van der Waals surface area contributed by atoms with Crippen LogP contribution in [0.5, 0.6) is 5.75 Å². The second-order valence-electron chi connectivity index (χ2n) is 17.3. The fourth-order valence-electron chi connectivity index (χ4n) is 8.49.